The Kier molecular flexibility index (Phi) is 8.24. The predicted octanol–water partition coefficient (Wildman–Crippen LogP) is 3.94. The SMILES string of the molecule is CCN1CCCC(OCc2ccc(OCCCN3CCCCC3)cc2)C1. The van der Waals surface area contributed by atoms with E-state index in [0.29, 0.717) is 12.7 Å². The smallest absolute Gasteiger partial charge is 0.119 e. The fraction of sp³-hybridized carbons (Fsp3) is 0.727. The molecule has 0 radical (unpaired) electrons. The molecule has 2 heterocycles. The highest BCUT2D eigenvalue weighted by atomic mass is 16.5. The van der Waals surface area contributed by atoms with Crippen molar-refractivity contribution in [3.63, 3.8) is 0 Å². The van der Waals surface area contributed by atoms with Gasteiger partial charge in [0.25, 0.3) is 0 Å². The van der Waals surface area contributed by atoms with Crippen LogP contribution in [0.25, 0.3) is 0 Å². The van der Waals surface area contributed by atoms with Gasteiger partial charge < -0.3 is 19.3 Å². The molecule has 146 valence electrons. The van der Waals surface area contributed by atoms with Crippen LogP contribution in [-0.2, 0) is 11.3 Å². The molecular formula is C22H36N2O2. The minimum absolute atomic E-state index is 0.384. The molecule has 1 aromatic rings. The number of likely N-dealkylation sites (tertiary alicyclic amines) is 2. The molecule has 3 rings (SSSR count). The first-order valence-electron chi connectivity index (χ1n) is 10.6. The summed E-state index contributed by atoms with van der Waals surface area (Å²) < 4.78 is 12.0. The molecule has 2 aliphatic heterocycles. The zero-order valence-electron chi connectivity index (χ0n) is 16.5. The number of hydrogen-bond acceptors (Lipinski definition) is 4. The van der Waals surface area contributed by atoms with E-state index >= 15 is 0 Å². The third-order valence-corrected chi connectivity index (χ3v) is 5.65. The fourth-order valence-corrected chi connectivity index (χ4v) is 3.99. The van der Waals surface area contributed by atoms with E-state index in [1.54, 1.807) is 0 Å². The Morgan fingerprint density at radius 2 is 1.73 bits per heavy atom. The number of rotatable bonds is 9. The summed E-state index contributed by atoms with van der Waals surface area (Å²) in [5, 5.41) is 0. The van der Waals surface area contributed by atoms with E-state index in [1.165, 1.54) is 63.8 Å². The van der Waals surface area contributed by atoms with Crippen molar-refractivity contribution in [2.24, 2.45) is 0 Å². The van der Waals surface area contributed by atoms with Crippen molar-refractivity contribution in [3.05, 3.63) is 29.8 Å². The molecule has 26 heavy (non-hydrogen) atoms. The minimum Gasteiger partial charge on any atom is -0.494 e. The molecule has 2 aliphatic rings. The van der Waals surface area contributed by atoms with Gasteiger partial charge in [-0.05, 0) is 76.0 Å². The summed E-state index contributed by atoms with van der Waals surface area (Å²) in [4.78, 5) is 5.05. The number of piperidine rings is 2. The third kappa shape index (κ3) is 6.57. The predicted molar refractivity (Wildman–Crippen MR) is 107 cm³/mol. The van der Waals surface area contributed by atoms with E-state index in [4.69, 9.17) is 9.47 Å². The number of benzene rings is 1. The zero-order chi connectivity index (χ0) is 18.0. The maximum atomic E-state index is 6.12. The average Bonchev–Trinajstić information content (AvgIpc) is 2.71. The normalized spacial score (nSPS) is 22.4. The topological polar surface area (TPSA) is 24.9 Å². The standard InChI is InChI=1S/C22H36N2O2/c1-2-23-15-6-8-22(18-23)26-19-20-9-11-21(12-10-20)25-17-7-16-24-13-4-3-5-14-24/h9-12,22H,2-8,13-19H2,1H3. The highest BCUT2D eigenvalue weighted by Gasteiger charge is 2.19. The lowest BCUT2D eigenvalue weighted by molar-refractivity contribution is -0.00863. The van der Waals surface area contributed by atoms with Gasteiger partial charge in [-0.3, -0.25) is 0 Å². The third-order valence-electron chi connectivity index (χ3n) is 5.65. The van der Waals surface area contributed by atoms with Crippen molar-refractivity contribution >= 4 is 0 Å². The molecule has 0 amide bonds. The van der Waals surface area contributed by atoms with Crippen molar-refractivity contribution in [2.75, 3.05) is 45.9 Å². The van der Waals surface area contributed by atoms with Crippen LogP contribution in [-0.4, -0.2) is 61.8 Å². The fourth-order valence-electron chi connectivity index (χ4n) is 3.99. The van der Waals surface area contributed by atoms with Gasteiger partial charge in [0.05, 0.1) is 19.3 Å². The van der Waals surface area contributed by atoms with Crippen LogP contribution >= 0.6 is 0 Å². The summed E-state index contributed by atoms with van der Waals surface area (Å²) in [6.45, 7) is 10.9. The summed E-state index contributed by atoms with van der Waals surface area (Å²) in [6.07, 6.45) is 8.07. The van der Waals surface area contributed by atoms with Crippen LogP contribution in [0.2, 0.25) is 0 Å². The number of hydrogen-bond donors (Lipinski definition) is 0. The van der Waals surface area contributed by atoms with E-state index in [9.17, 15) is 0 Å². The number of nitrogens with zero attached hydrogens (tertiary/aromatic N) is 2. The highest BCUT2D eigenvalue weighted by Crippen LogP contribution is 2.17. The lowest BCUT2D eigenvalue weighted by atomic mass is 10.1. The second-order valence-corrected chi connectivity index (χ2v) is 7.72. The van der Waals surface area contributed by atoms with Crippen LogP contribution in [0.3, 0.4) is 0 Å². The molecule has 0 aliphatic carbocycles. The quantitative estimate of drug-likeness (QED) is 0.623. The van der Waals surface area contributed by atoms with Crippen LogP contribution in [0, 0.1) is 0 Å². The summed E-state index contributed by atoms with van der Waals surface area (Å²) in [6, 6.07) is 8.44. The molecule has 0 N–H and O–H groups in total. The van der Waals surface area contributed by atoms with Crippen molar-refractivity contribution in [1.29, 1.82) is 0 Å². The number of likely N-dealkylation sites (N-methyl/N-ethyl adjacent to an activating group) is 1. The summed E-state index contributed by atoms with van der Waals surface area (Å²) in [7, 11) is 0. The second-order valence-electron chi connectivity index (χ2n) is 7.72. The van der Waals surface area contributed by atoms with E-state index in [-0.39, 0.29) is 0 Å². The molecule has 2 saturated heterocycles. The van der Waals surface area contributed by atoms with Crippen molar-refractivity contribution in [2.45, 2.75) is 58.2 Å². The van der Waals surface area contributed by atoms with Gasteiger partial charge in [0.15, 0.2) is 0 Å². The summed E-state index contributed by atoms with van der Waals surface area (Å²) in [5.41, 5.74) is 1.24. The zero-order valence-corrected chi connectivity index (χ0v) is 16.5. The van der Waals surface area contributed by atoms with E-state index in [0.717, 1.165) is 31.9 Å². The highest BCUT2D eigenvalue weighted by molar-refractivity contribution is 5.26. The van der Waals surface area contributed by atoms with Crippen LogP contribution in [0.5, 0.6) is 5.75 Å². The van der Waals surface area contributed by atoms with Crippen molar-refractivity contribution < 1.29 is 9.47 Å². The van der Waals surface area contributed by atoms with Crippen molar-refractivity contribution in [3.8, 4) is 5.75 Å². The summed E-state index contributed by atoms with van der Waals surface area (Å²) in [5.74, 6) is 0.974. The first-order chi connectivity index (χ1) is 12.8. The molecule has 1 atom stereocenters. The molecule has 1 unspecified atom stereocenters. The van der Waals surface area contributed by atoms with Gasteiger partial charge in [-0.25, -0.2) is 0 Å². The molecule has 0 spiro atoms. The van der Waals surface area contributed by atoms with Gasteiger partial charge in [0.2, 0.25) is 0 Å². The first-order valence-corrected chi connectivity index (χ1v) is 10.6. The van der Waals surface area contributed by atoms with Gasteiger partial charge in [0, 0.05) is 13.1 Å². The molecule has 0 saturated carbocycles. The second kappa shape index (κ2) is 10.9. The number of ether oxygens (including phenoxy) is 2. The maximum absolute atomic E-state index is 6.12. The first kappa shape index (κ1) is 19.7. The van der Waals surface area contributed by atoms with Crippen LogP contribution < -0.4 is 4.74 Å². The largest absolute Gasteiger partial charge is 0.494 e. The van der Waals surface area contributed by atoms with Gasteiger partial charge in [-0.15, -0.1) is 0 Å². The Hall–Kier alpha value is -1.10. The van der Waals surface area contributed by atoms with E-state index < -0.39 is 0 Å². The average molecular weight is 361 g/mol. The molecular weight excluding hydrogens is 324 g/mol. The monoisotopic (exact) mass is 360 g/mol. The van der Waals surface area contributed by atoms with Crippen molar-refractivity contribution in [1.82, 2.24) is 9.80 Å². The molecule has 0 bridgehead atoms. The Bertz CT molecular complexity index is 499. The lowest BCUT2D eigenvalue weighted by Gasteiger charge is -2.31. The summed E-state index contributed by atoms with van der Waals surface area (Å²) >= 11 is 0. The van der Waals surface area contributed by atoms with Gasteiger partial charge in [-0.2, -0.15) is 0 Å². The van der Waals surface area contributed by atoms with E-state index in [1.807, 2.05) is 0 Å². The minimum atomic E-state index is 0.384. The molecule has 4 nitrogen and oxygen atoms in total. The van der Waals surface area contributed by atoms with E-state index in [2.05, 4.69) is 41.0 Å². The lowest BCUT2D eigenvalue weighted by Crippen LogP contribution is -2.39. The molecule has 1 aromatic carbocycles. The van der Waals surface area contributed by atoms with Crippen LogP contribution in [0.1, 0.15) is 51.0 Å². The van der Waals surface area contributed by atoms with Crippen LogP contribution in [0.4, 0.5) is 0 Å². The van der Waals surface area contributed by atoms with Gasteiger partial charge in [0.1, 0.15) is 5.75 Å². The van der Waals surface area contributed by atoms with Gasteiger partial charge in [-0.1, -0.05) is 25.5 Å². The Morgan fingerprint density at radius 3 is 2.50 bits per heavy atom. The van der Waals surface area contributed by atoms with Gasteiger partial charge >= 0.3 is 0 Å². The molecule has 4 heteroatoms. The molecule has 0 aromatic heterocycles. The Balaban J connectivity index is 1.31. The maximum Gasteiger partial charge on any atom is 0.119 e. The molecule has 2 fully saturated rings. The Morgan fingerprint density at radius 1 is 0.962 bits per heavy atom. The Labute approximate surface area is 159 Å². The van der Waals surface area contributed by atoms with Crippen LogP contribution in [0.15, 0.2) is 24.3 Å².